The highest BCUT2D eigenvalue weighted by Crippen LogP contribution is 2.15. The minimum atomic E-state index is -4.57. The number of amides is 1. The van der Waals surface area contributed by atoms with Crippen LogP contribution >= 0.6 is 0 Å². The van der Waals surface area contributed by atoms with Crippen LogP contribution < -0.4 is 11.2 Å². The zero-order valence-corrected chi connectivity index (χ0v) is 17.2. The van der Waals surface area contributed by atoms with Gasteiger partial charge in [0.1, 0.15) is 5.71 Å². The SMILES string of the molecule is Cc1cc(C#CCNC(=O)OCC(F)(F)F)ccc1/C(C=NCC1CCCCO1)=N/N. The molecule has 1 atom stereocenters. The van der Waals surface area contributed by atoms with Crippen LogP contribution in [0.15, 0.2) is 28.3 Å². The van der Waals surface area contributed by atoms with Crippen LogP contribution in [0.3, 0.4) is 0 Å². The number of aryl methyl sites for hydroxylation is 1. The van der Waals surface area contributed by atoms with Crippen LogP contribution in [-0.2, 0) is 9.47 Å². The summed E-state index contributed by atoms with van der Waals surface area (Å²) in [5.41, 5.74) is 2.86. The molecule has 2 rings (SSSR count). The molecule has 1 fully saturated rings. The number of ether oxygens (including phenoxy) is 2. The van der Waals surface area contributed by atoms with Gasteiger partial charge in [-0.2, -0.15) is 18.3 Å². The molecule has 1 aromatic carbocycles. The fourth-order valence-corrected chi connectivity index (χ4v) is 2.87. The van der Waals surface area contributed by atoms with E-state index in [0.717, 1.165) is 37.0 Å². The second-order valence-electron chi connectivity index (χ2n) is 6.87. The molecule has 0 bridgehead atoms. The van der Waals surface area contributed by atoms with Gasteiger partial charge >= 0.3 is 12.3 Å². The smallest absolute Gasteiger partial charge is 0.422 e. The average Bonchev–Trinajstić information content (AvgIpc) is 2.74. The molecule has 0 radical (unpaired) electrons. The summed E-state index contributed by atoms with van der Waals surface area (Å²) < 4.78 is 45.6. The Morgan fingerprint density at radius 2 is 2.23 bits per heavy atom. The molecule has 1 aliphatic rings. The van der Waals surface area contributed by atoms with Crippen molar-refractivity contribution < 1.29 is 27.4 Å². The van der Waals surface area contributed by atoms with E-state index in [1.54, 1.807) is 18.3 Å². The zero-order chi connectivity index (χ0) is 22.7. The lowest BCUT2D eigenvalue weighted by Crippen LogP contribution is -2.29. The Morgan fingerprint density at radius 3 is 2.87 bits per heavy atom. The third-order valence-corrected chi connectivity index (χ3v) is 4.36. The van der Waals surface area contributed by atoms with Crippen molar-refractivity contribution in [1.29, 1.82) is 0 Å². The maximum atomic E-state index is 12.0. The van der Waals surface area contributed by atoms with Gasteiger partial charge in [-0.05, 0) is 43.9 Å². The number of alkyl halides is 3. The summed E-state index contributed by atoms with van der Waals surface area (Å²) in [6, 6.07) is 5.37. The highest BCUT2D eigenvalue weighted by molar-refractivity contribution is 6.38. The van der Waals surface area contributed by atoms with E-state index in [4.69, 9.17) is 10.6 Å². The van der Waals surface area contributed by atoms with Crippen LogP contribution in [0.25, 0.3) is 0 Å². The number of nitrogens with zero attached hydrogens (tertiary/aromatic N) is 2. The number of rotatable bonds is 6. The van der Waals surface area contributed by atoms with Gasteiger partial charge in [-0.25, -0.2) is 4.79 Å². The zero-order valence-electron chi connectivity index (χ0n) is 17.2. The third kappa shape index (κ3) is 9.09. The topological polar surface area (TPSA) is 98.3 Å². The second kappa shape index (κ2) is 12.0. The molecular weight excluding hydrogens is 413 g/mol. The highest BCUT2D eigenvalue weighted by atomic mass is 19.4. The van der Waals surface area contributed by atoms with Crippen molar-refractivity contribution in [3.8, 4) is 11.8 Å². The quantitative estimate of drug-likeness (QED) is 0.309. The number of hydrogen-bond donors (Lipinski definition) is 2. The number of halogens is 3. The van der Waals surface area contributed by atoms with Crippen LogP contribution in [0.1, 0.15) is 36.0 Å². The number of benzene rings is 1. The van der Waals surface area contributed by atoms with Crippen molar-refractivity contribution >= 4 is 18.0 Å². The molecule has 1 unspecified atom stereocenters. The van der Waals surface area contributed by atoms with Crippen LogP contribution in [0, 0.1) is 18.8 Å². The summed E-state index contributed by atoms with van der Waals surface area (Å²) in [5, 5.41) is 5.94. The lowest BCUT2D eigenvalue weighted by Gasteiger charge is -2.20. The maximum absolute atomic E-state index is 12.0. The molecule has 1 aliphatic heterocycles. The lowest BCUT2D eigenvalue weighted by atomic mass is 10.0. The van der Waals surface area contributed by atoms with Crippen LogP contribution in [0.4, 0.5) is 18.0 Å². The number of hydrazone groups is 1. The Morgan fingerprint density at radius 1 is 1.42 bits per heavy atom. The molecule has 0 aliphatic carbocycles. The van der Waals surface area contributed by atoms with Crippen molar-refractivity contribution in [2.24, 2.45) is 15.9 Å². The van der Waals surface area contributed by atoms with Crippen LogP contribution in [0.2, 0.25) is 0 Å². The summed E-state index contributed by atoms with van der Waals surface area (Å²) in [7, 11) is 0. The Hall–Kier alpha value is -3.06. The molecule has 0 spiro atoms. The molecular formula is C21H25F3N4O3. The average molecular weight is 438 g/mol. The van der Waals surface area contributed by atoms with E-state index in [1.807, 2.05) is 13.0 Å². The normalized spacial score (nSPS) is 17.2. The van der Waals surface area contributed by atoms with E-state index < -0.39 is 18.9 Å². The second-order valence-corrected chi connectivity index (χ2v) is 6.87. The van der Waals surface area contributed by atoms with E-state index in [0.29, 0.717) is 17.8 Å². The van der Waals surface area contributed by atoms with E-state index in [1.165, 1.54) is 0 Å². The van der Waals surface area contributed by atoms with Crippen molar-refractivity contribution in [2.75, 3.05) is 26.3 Å². The Balaban J connectivity index is 1.89. The van der Waals surface area contributed by atoms with Gasteiger partial charge in [0, 0.05) is 23.9 Å². The lowest BCUT2D eigenvalue weighted by molar-refractivity contribution is -0.160. The molecule has 1 aromatic rings. The number of carbonyl (C=O) groups is 1. The molecule has 168 valence electrons. The Labute approximate surface area is 178 Å². The fourth-order valence-electron chi connectivity index (χ4n) is 2.87. The van der Waals surface area contributed by atoms with Gasteiger partial charge in [0.15, 0.2) is 6.61 Å². The molecule has 0 aromatic heterocycles. The molecule has 0 saturated carbocycles. The highest BCUT2D eigenvalue weighted by Gasteiger charge is 2.29. The molecule has 1 heterocycles. The number of nitrogens with two attached hydrogens (primary N) is 1. The fraction of sp³-hybridized carbons (Fsp3) is 0.476. The Bertz CT molecular complexity index is 867. The first-order valence-corrected chi connectivity index (χ1v) is 9.75. The summed E-state index contributed by atoms with van der Waals surface area (Å²) in [6.45, 7) is 1.40. The van der Waals surface area contributed by atoms with E-state index >= 15 is 0 Å². The first-order chi connectivity index (χ1) is 14.8. The van der Waals surface area contributed by atoms with Gasteiger partial charge in [-0.15, -0.1) is 0 Å². The minimum absolute atomic E-state index is 0.127. The number of hydrogen-bond acceptors (Lipinski definition) is 6. The van der Waals surface area contributed by atoms with Gasteiger partial charge in [0.05, 0.1) is 19.2 Å². The van der Waals surface area contributed by atoms with E-state index in [-0.39, 0.29) is 12.6 Å². The number of carbonyl (C=O) groups excluding carboxylic acids is 1. The molecule has 3 N–H and O–H groups in total. The summed E-state index contributed by atoms with van der Waals surface area (Å²) >= 11 is 0. The molecule has 1 amide bonds. The van der Waals surface area contributed by atoms with Gasteiger partial charge in [-0.1, -0.05) is 17.9 Å². The van der Waals surface area contributed by atoms with E-state index in [9.17, 15) is 18.0 Å². The summed E-state index contributed by atoms with van der Waals surface area (Å²) in [4.78, 5) is 15.6. The number of nitrogens with one attached hydrogen (secondary N) is 1. The summed E-state index contributed by atoms with van der Waals surface area (Å²) in [5.74, 6) is 11.0. The van der Waals surface area contributed by atoms with Crippen molar-refractivity contribution in [3.63, 3.8) is 0 Å². The minimum Gasteiger partial charge on any atom is -0.440 e. The maximum Gasteiger partial charge on any atom is 0.422 e. The van der Waals surface area contributed by atoms with Gasteiger partial charge in [0.25, 0.3) is 0 Å². The Kier molecular flexibility index (Phi) is 9.34. The van der Waals surface area contributed by atoms with Gasteiger partial charge in [0.2, 0.25) is 0 Å². The van der Waals surface area contributed by atoms with Gasteiger partial charge in [-0.3, -0.25) is 4.99 Å². The van der Waals surface area contributed by atoms with Crippen molar-refractivity contribution in [3.05, 3.63) is 34.9 Å². The first-order valence-electron chi connectivity index (χ1n) is 9.75. The van der Waals surface area contributed by atoms with Gasteiger partial charge < -0.3 is 20.6 Å². The predicted octanol–water partition coefficient (Wildman–Crippen LogP) is 2.94. The predicted molar refractivity (Wildman–Crippen MR) is 111 cm³/mol. The van der Waals surface area contributed by atoms with Crippen molar-refractivity contribution in [1.82, 2.24) is 5.32 Å². The van der Waals surface area contributed by atoms with Crippen molar-refractivity contribution in [2.45, 2.75) is 38.5 Å². The summed E-state index contributed by atoms with van der Waals surface area (Å²) in [6.07, 6.45) is -0.772. The van der Waals surface area contributed by atoms with E-state index in [2.05, 4.69) is 32.0 Å². The molecule has 10 heteroatoms. The molecule has 7 nitrogen and oxygen atoms in total. The number of alkyl carbamates (subject to hydrolysis) is 1. The first kappa shape index (κ1) is 24.2. The molecule has 31 heavy (non-hydrogen) atoms. The third-order valence-electron chi connectivity index (χ3n) is 4.36. The standard InChI is InChI=1S/C21H25F3N4O3/c1-15-11-16(5-4-9-27-20(29)31-14-21(22,23)24)7-8-18(15)19(28-25)13-26-12-17-6-2-3-10-30-17/h7-8,11,13,17H,2-3,6,9-10,12,14,25H2,1H3,(H,27,29)/b26-13?,28-19+. The largest absolute Gasteiger partial charge is 0.440 e. The van der Waals surface area contributed by atoms with Crippen LogP contribution in [-0.4, -0.2) is 56.6 Å². The van der Waals surface area contributed by atoms with Crippen LogP contribution in [0.5, 0.6) is 0 Å². The molecule has 1 saturated heterocycles. The number of aliphatic imine (C=N–C) groups is 1. The monoisotopic (exact) mass is 438 g/mol.